The molecule has 0 bridgehead atoms. The summed E-state index contributed by atoms with van der Waals surface area (Å²) >= 11 is 11.4. The normalized spacial score (nSPS) is 23.4. The Bertz CT molecular complexity index is 124. The van der Waals surface area contributed by atoms with Crippen LogP contribution in [0.4, 0.5) is 0 Å². The fourth-order valence-electron chi connectivity index (χ4n) is 2.45. The van der Waals surface area contributed by atoms with E-state index in [0.29, 0.717) is 5.92 Å². The van der Waals surface area contributed by atoms with Gasteiger partial charge in [-0.3, -0.25) is 0 Å². The summed E-state index contributed by atoms with van der Waals surface area (Å²) in [4.78, 5) is -0.120. The van der Waals surface area contributed by atoms with Crippen LogP contribution >= 0.6 is 23.2 Å². The van der Waals surface area contributed by atoms with Gasteiger partial charge in [-0.05, 0) is 18.8 Å². The van der Waals surface area contributed by atoms with E-state index in [1.807, 2.05) is 0 Å². The van der Waals surface area contributed by atoms with Crippen molar-refractivity contribution >= 4 is 23.2 Å². The van der Waals surface area contributed by atoms with Gasteiger partial charge < -0.3 is 0 Å². The first-order valence-electron chi connectivity index (χ1n) is 6.59. The van der Waals surface area contributed by atoms with Crippen LogP contribution < -0.4 is 0 Å². The summed E-state index contributed by atoms with van der Waals surface area (Å²) in [5.41, 5.74) is 0. The third-order valence-corrected chi connectivity index (χ3v) is 4.22. The molecule has 0 heterocycles. The maximum Gasteiger partial charge on any atom is 0.110 e. The van der Waals surface area contributed by atoms with Crippen LogP contribution in [0, 0.1) is 5.92 Å². The maximum atomic E-state index is 5.72. The average Bonchev–Trinajstić information content (AvgIpc) is 2.33. The van der Waals surface area contributed by atoms with E-state index in [1.165, 1.54) is 70.6 Å². The molecule has 2 rings (SSSR count). The molecule has 0 unspecified atom stereocenters. The summed E-state index contributed by atoms with van der Waals surface area (Å²) in [6, 6.07) is 0. The highest BCUT2D eigenvalue weighted by Gasteiger charge is 2.18. The van der Waals surface area contributed by atoms with Gasteiger partial charge in [0.05, 0.1) is 0 Å². The molecule has 90 valence electrons. The van der Waals surface area contributed by atoms with E-state index in [1.54, 1.807) is 0 Å². The number of hydrogen-bond donors (Lipinski definition) is 0. The third kappa shape index (κ3) is 6.68. The lowest BCUT2D eigenvalue weighted by Crippen LogP contribution is -2.12. The smallest absolute Gasteiger partial charge is 0.105 e. The number of halogens is 2. The fraction of sp³-hybridized carbons (Fsp3) is 1.00. The van der Waals surface area contributed by atoms with E-state index in [0.717, 1.165) is 0 Å². The first-order chi connectivity index (χ1) is 7.30. The van der Waals surface area contributed by atoms with E-state index in [2.05, 4.69) is 0 Å². The van der Waals surface area contributed by atoms with Crippen LogP contribution in [0.2, 0.25) is 0 Å². The summed E-state index contributed by atoms with van der Waals surface area (Å²) in [6.07, 6.45) is 15.5. The Balaban J connectivity index is 0.000000162. The van der Waals surface area contributed by atoms with Crippen LogP contribution in [-0.4, -0.2) is 4.84 Å². The van der Waals surface area contributed by atoms with E-state index < -0.39 is 0 Å². The van der Waals surface area contributed by atoms with Crippen LogP contribution in [0.3, 0.4) is 0 Å². The van der Waals surface area contributed by atoms with Gasteiger partial charge in [0.2, 0.25) is 0 Å². The van der Waals surface area contributed by atoms with Gasteiger partial charge in [-0.15, -0.1) is 23.2 Å². The van der Waals surface area contributed by atoms with Crippen molar-refractivity contribution in [3.05, 3.63) is 0 Å². The monoisotopic (exact) mass is 250 g/mol. The minimum atomic E-state index is -0.120. The first kappa shape index (κ1) is 13.6. The molecular weight excluding hydrogens is 227 g/mol. The number of rotatable bonds is 1. The molecule has 2 aliphatic carbocycles. The molecule has 0 radical (unpaired) electrons. The summed E-state index contributed by atoms with van der Waals surface area (Å²) < 4.78 is 0. The van der Waals surface area contributed by atoms with Gasteiger partial charge >= 0.3 is 0 Å². The van der Waals surface area contributed by atoms with Crippen LogP contribution in [-0.2, 0) is 0 Å². The highest BCUT2D eigenvalue weighted by molar-refractivity contribution is 6.44. The van der Waals surface area contributed by atoms with Crippen molar-refractivity contribution in [3.63, 3.8) is 0 Å². The lowest BCUT2D eigenvalue weighted by molar-refractivity contribution is 0.376. The molecule has 0 atom stereocenters. The summed E-state index contributed by atoms with van der Waals surface area (Å²) in [5.74, 6) is 0.585. The molecule has 2 heteroatoms. The van der Waals surface area contributed by atoms with Crippen molar-refractivity contribution in [1.29, 1.82) is 0 Å². The Kier molecular flexibility index (Phi) is 7.91. The largest absolute Gasteiger partial charge is 0.110 e. The fourth-order valence-corrected chi connectivity index (χ4v) is 2.95. The van der Waals surface area contributed by atoms with Crippen LogP contribution in [0.5, 0.6) is 0 Å². The molecule has 0 aromatic carbocycles. The second-order valence-corrected chi connectivity index (χ2v) is 6.02. The zero-order valence-corrected chi connectivity index (χ0v) is 11.2. The van der Waals surface area contributed by atoms with E-state index >= 15 is 0 Å². The molecule has 0 amide bonds. The Morgan fingerprint density at radius 3 is 1.20 bits per heavy atom. The molecule has 0 spiro atoms. The van der Waals surface area contributed by atoms with Crippen molar-refractivity contribution in [3.8, 4) is 0 Å². The lowest BCUT2D eigenvalue weighted by Gasteiger charge is -2.21. The van der Waals surface area contributed by atoms with Crippen molar-refractivity contribution < 1.29 is 0 Å². The highest BCUT2D eigenvalue weighted by Crippen LogP contribution is 2.30. The van der Waals surface area contributed by atoms with Gasteiger partial charge in [0.15, 0.2) is 0 Å². The third-order valence-electron chi connectivity index (χ3n) is 3.51. The SMILES string of the molecule is C1CCCCC1.ClC(Cl)C1CCCCC1. The minimum absolute atomic E-state index is 0.120. The predicted octanol–water partition coefficient (Wildman–Crippen LogP) is 5.71. The number of hydrogen-bond acceptors (Lipinski definition) is 0. The molecule has 2 aliphatic rings. The molecule has 15 heavy (non-hydrogen) atoms. The van der Waals surface area contributed by atoms with Gasteiger partial charge in [0.1, 0.15) is 4.84 Å². The predicted molar refractivity (Wildman–Crippen MR) is 69.8 cm³/mol. The van der Waals surface area contributed by atoms with Crippen molar-refractivity contribution in [2.24, 2.45) is 5.92 Å². The zero-order valence-electron chi connectivity index (χ0n) is 9.69. The highest BCUT2D eigenvalue weighted by atomic mass is 35.5. The van der Waals surface area contributed by atoms with E-state index in [-0.39, 0.29) is 4.84 Å². The summed E-state index contributed by atoms with van der Waals surface area (Å²) in [7, 11) is 0. The van der Waals surface area contributed by atoms with Gasteiger partial charge in [-0.25, -0.2) is 0 Å². The van der Waals surface area contributed by atoms with Crippen LogP contribution in [0.1, 0.15) is 70.6 Å². The summed E-state index contributed by atoms with van der Waals surface area (Å²) in [5, 5.41) is 0. The average molecular weight is 251 g/mol. The Labute approximate surface area is 105 Å². The maximum absolute atomic E-state index is 5.72. The molecule has 0 N–H and O–H groups in total. The van der Waals surface area contributed by atoms with Crippen molar-refractivity contribution in [1.82, 2.24) is 0 Å². The molecule has 0 aliphatic heterocycles. The van der Waals surface area contributed by atoms with Crippen molar-refractivity contribution in [2.45, 2.75) is 75.5 Å². The number of alkyl halides is 2. The Hall–Kier alpha value is 0.580. The van der Waals surface area contributed by atoms with Gasteiger partial charge in [-0.1, -0.05) is 57.8 Å². The molecule has 0 aromatic rings. The van der Waals surface area contributed by atoms with Gasteiger partial charge in [-0.2, -0.15) is 0 Å². The Morgan fingerprint density at radius 1 is 0.600 bits per heavy atom. The zero-order chi connectivity index (χ0) is 10.9. The molecular formula is C13H24Cl2. The first-order valence-corrected chi connectivity index (χ1v) is 7.46. The molecule has 0 nitrogen and oxygen atoms in total. The second kappa shape index (κ2) is 8.70. The molecule has 2 fully saturated rings. The second-order valence-electron chi connectivity index (χ2n) is 4.85. The topological polar surface area (TPSA) is 0 Å². The summed E-state index contributed by atoms with van der Waals surface area (Å²) in [6.45, 7) is 0. The van der Waals surface area contributed by atoms with Crippen molar-refractivity contribution in [2.75, 3.05) is 0 Å². The van der Waals surface area contributed by atoms with E-state index in [4.69, 9.17) is 23.2 Å². The quantitative estimate of drug-likeness (QED) is 0.523. The van der Waals surface area contributed by atoms with Gasteiger partial charge in [0, 0.05) is 0 Å². The van der Waals surface area contributed by atoms with Crippen LogP contribution in [0.15, 0.2) is 0 Å². The van der Waals surface area contributed by atoms with Gasteiger partial charge in [0.25, 0.3) is 0 Å². The van der Waals surface area contributed by atoms with Crippen LogP contribution in [0.25, 0.3) is 0 Å². The lowest BCUT2D eigenvalue weighted by atomic mass is 9.91. The Morgan fingerprint density at radius 2 is 0.933 bits per heavy atom. The van der Waals surface area contributed by atoms with E-state index in [9.17, 15) is 0 Å². The standard InChI is InChI=1S/C7H12Cl2.C6H12/c8-7(9)6-4-2-1-3-5-6;1-2-4-6-5-3-1/h6-7H,1-5H2;1-6H2. The molecule has 2 saturated carbocycles. The minimum Gasteiger partial charge on any atom is -0.105 e. The molecule has 0 aromatic heterocycles. The molecule has 0 saturated heterocycles.